The molecule has 0 amide bonds. The van der Waals surface area contributed by atoms with Gasteiger partial charge in [-0.1, -0.05) is 4.85 Å². The van der Waals surface area contributed by atoms with E-state index in [4.69, 9.17) is 0 Å². The van der Waals surface area contributed by atoms with Crippen molar-refractivity contribution >= 4 is 10.1 Å². The van der Waals surface area contributed by atoms with Gasteiger partial charge in [-0.25, -0.2) is 0 Å². The van der Waals surface area contributed by atoms with Gasteiger partial charge in [0.2, 0.25) is 0 Å². The van der Waals surface area contributed by atoms with E-state index >= 15 is 0 Å². The van der Waals surface area contributed by atoms with Crippen LogP contribution in [0.25, 0.3) is 0 Å². The fourth-order valence-corrected chi connectivity index (χ4v) is 0.733. The zero-order chi connectivity index (χ0) is 7.61. The molecule has 0 N–H and O–H groups in total. The second kappa shape index (κ2) is 2.25. The summed E-state index contributed by atoms with van der Waals surface area (Å²) >= 11 is 0. The maximum absolute atomic E-state index is 10.4. The van der Waals surface area contributed by atoms with E-state index < -0.39 is 10.1 Å². The fraction of sp³-hybridized carbons (Fsp3) is 0.333. The van der Waals surface area contributed by atoms with E-state index in [0.717, 1.165) is 11.1 Å². The van der Waals surface area contributed by atoms with Crippen molar-refractivity contribution in [3.8, 4) is 0 Å². The van der Waals surface area contributed by atoms with Crippen molar-refractivity contribution in [2.75, 3.05) is 6.26 Å². The van der Waals surface area contributed by atoms with Gasteiger partial charge in [0.1, 0.15) is 0 Å². The van der Waals surface area contributed by atoms with Crippen LogP contribution in [-0.4, -0.2) is 29.8 Å². The Morgan fingerprint density at radius 3 is 2.70 bits per heavy atom. The highest BCUT2D eigenvalue weighted by Crippen LogP contribution is 1.80. The van der Waals surface area contributed by atoms with E-state index in [-0.39, 0.29) is 0 Å². The number of aromatic nitrogens is 3. The third-order valence-corrected chi connectivity index (χ3v) is 1.04. The van der Waals surface area contributed by atoms with Gasteiger partial charge in [0, 0.05) is 0 Å². The van der Waals surface area contributed by atoms with Gasteiger partial charge in [-0.2, -0.15) is 8.42 Å². The molecule has 0 aliphatic heterocycles. The molecule has 0 aromatic carbocycles. The van der Waals surface area contributed by atoms with Gasteiger partial charge in [-0.3, -0.25) is 4.28 Å². The van der Waals surface area contributed by atoms with Crippen LogP contribution in [0.1, 0.15) is 0 Å². The minimum absolute atomic E-state index is 0.759. The highest BCUT2D eigenvalue weighted by atomic mass is 32.2. The minimum Gasteiger partial charge on any atom is -0.268 e. The van der Waals surface area contributed by atoms with E-state index in [1.165, 1.54) is 12.4 Å². The summed E-state index contributed by atoms with van der Waals surface area (Å²) in [6.07, 6.45) is 3.51. The van der Waals surface area contributed by atoms with E-state index in [0.29, 0.717) is 0 Å². The molecule has 1 aromatic rings. The van der Waals surface area contributed by atoms with Crippen LogP contribution >= 0.6 is 0 Å². The molecule has 0 atom stereocenters. The first-order valence-electron chi connectivity index (χ1n) is 2.34. The van der Waals surface area contributed by atoms with Gasteiger partial charge < -0.3 is 0 Å². The molecule has 1 rings (SSSR count). The van der Waals surface area contributed by atoms with E-state index in [1.54, 1.807) is 0 Å². The van der Waals surface area contributed by atoms with Crippen LogP contribution in [0, 0.1) is 0 Å². The normalized spacial score (nSPS) is 11.3. The van der Waals surface area contributed by atoms with Crippen LogP contribution in [0.3, 0.4) is 0 Å². The smallest absolute Gasteiger partial charge is 0.268 e. The summed E-state index contributed by atoms with van der Waals surface area (Å²) < 4.78 is 25.0. The van der Waals surface area contributed by atoms with Gasteiger partial charge in [0.15, 0.2) is 0 Å². The van der Waals surface area contributed by atoms with Gasteiger partial charge >= 0.3 is 10.1 Å². The van der Waals surface area contributed by atoms with Crippen molar-refractivity contribution in [3.05, 3.63) is 12.4 Å². The Bertz CT molecular complexity index is 289. The zero-order valence-electron chi connectivity index (χ0n) is 5.13. The lowest BCUT2D eigenvalue weighted by atomic mass is 11.0. The molecule has 0 saturated carbocycles. The molecule has 0 radical (unpaired) electrons. The van der Waals surface area contributed by atoms with Crippen LogP contribution in [0.2, 0.25) is 0 Å². The van der Waals surface area contributed by atoms with Crippen LogP contribution in [0.15, 0.2) is 12.4 Å². The van der Waals surface area contributed by atoms with Gasteiger partial charge in [-0.05, 0) is 5.21 Å². The molecule has 1 aromatic heterocycles. The number of rotatable bonds is 2. The zero-order valence-corrected chi connectivity index (χ0v) is 5.95. The summed E-state index contributed by atoms with van der Waals surface area (Å²) in [6.45, 7) is 0. The number of hydrogen-bond donors (Lipinski definition) is 0. The Labute approximate surface area is 57.5 Å². The first-order chi connectivity index (χ1) is 4.58. The quantitative estimate of drug-likeness (QED) is 0.539. The first-order valence-corrected chi connectivity index (χ1v) is 4.16. The van der Waals surface area contributed by atoms with Gasteiger partial charge in [-0.15, -0.1) is 5.10 Å². The summed E-state index contributed by atoms with van der Waals surface area (Å²) in [5.74, 6) is 0. The number of nitrogens with zero attached hydrogens (tertiary/aromatic N) is 3. The van der Waals surface area contributed by atoms with Gasteiger partial charge in [0.05, 0.1) is 18.6 Å². The maximum Gasteiger partial charge on any atom is 0.325 e. The number of hydrogen-bond acceptors (Lipinski definition) is 5. The molecule has 0 aliphatic carbocycles. The molecule has 0 fully saturated rings. The van der Waals surface area contributed by atoms with Gasteiger partial charge in [0.25, 0.3) is 0 Å². The van der Waals surface area contributed by atoms with E-state index in [1.807, 2.05) is 0 Å². The lowest BCUT2D eigenvalue weighted by Gasteiger charge is -1.96. The SMILES string of the molecule is CS(=O)(=O)On1ccnn1. The van der Waals surface area contributed by atoms with Crippen molar-refractivity contribution in [1.82, 2.24) is 15.2 Å². The summed E-state index contributed by atoms with van der Waals surface area (Å²) in [4.78, 5) is 0.759. The van der Waals surface area contributed by atoms with Crippen LogP contribution in [0.4, 0.5) is 0 Å². The molecule has 0 saturated heterocycles. The Hall–Kier alpha value is -1.11. The second-order valence-electron chi connectivity index (χ2n) is 1.58. The molecule has 6 nitrogen and oxygen atoms in total. The van der Waals surface area contributed by atoms with Crippen molar-refractivity contribution in [3.63, 3.8) is 0 Å². The van der Waals surface area contributed by atoms with Crippen LogP contribution in [-0.2, 0) is 10.1 Å². The molecule has 56 valence electrons. The highest BCUT2D eigenvalue weighted by molar-refractivity contribution is 7.86. The minimum atomic E-state index is -3.49. The lowest BCUT2D eigenvalue weighted by molar-refractivity contribution is 0.235. The molecular weight excluding hydrogens is 158 g/mol. The Balaban J connectivity index is 2.75. The predicted octanol–water partition coefficient (Wildman–Crippen LogP) is -1.33. The highest BCUT2D eigenvalue weighted by Gasteiger charge is 2.01. The second-order valence-corrected chi connectivity index (χ2v) is 3.14. The average Bonchev–Trinajstić information content (AvgIpc) is 2.12. The molecule has 0 unspecified atom stereocenters. The molecule has 1 heterocycles. The van der Waals surface area contributed by atoms with Crippen LogP contribution < -0.4 is 4.28 Å². The molecule has 7 heteroatoms. The Morgan fingerprint density at radius 2 is 2.30 bits per heavy atom. The molecule has 10 heavy (non-hydrogen) atoms. The molecule has 0 aliphatic rings. The fourth-order valence-electron chi connectivity index (χ4n) is 0.376. The Morgan fingerprint density at radius 1 is 1.60 bits per heavy atom. The van der Waals surface area contributed by atoms with Crippen molar-refractivity contribution in [1.29, 1.82) is 0 Å². The summed E-state index contributed by atoms with van der Waals surface area (Å²) in [6, 6.07) is 0. The lowest BCUT2D eigenvalue weighted by Crippen LogP contribution is -2.18. The monoisotopic (exact) mass is 163 g/mol. The van der Waals surface area contributed by atoms with Crippen LogP contribution in [0.5, 0.6) is 0 Å². The third kappa shape index (κ3) is 2.02. The van der Waals surface area contributed by atoms with Crippen molar-refractivity contribution < 1.29 is 12.7 Å². The summed E-state index contributed by atoms with van der Waals surface area (Å²) in [5.41, 5.74) is 0. The Kier molecular flexibility index (Phi) is 1.58. The van der Waals surface area contributed by atoms with Crippen molar-refractivity contribution in [2.45, 2.75) is 0 Å². The van der Waals surface area contributed by atoms with E-state index in [9.17, 15) is 8.42 Å². The standard InChI is InChI=1S/C3H5N3O3S/c1-10(7,8)9-6-3-2-4-5-6/h2-3H,1H3. The van der Waals surface area contributed by atoms with E-state index in [2.05, 4.69) is 14.6 Å². The molecule has 0 bridgehead atoms. The molecular formula is C3H5N3O3S. The topological polar surface area (TPSA) is 74.1 Å². The predicted molar refractivity (Wildman–Crippen MR) is 31.4 cm³/mol. The summed E-state index contributed by atoms with van der Waals surface area (Å²) in [7, 11) is -3.49. The molecule has 0 spiro atoms. The largest absolute Gasteiger partial charge is 0.325 e. The average molecular weight is 163 g/mol. The first kappa shape index (κ1) is 7.00. The maximum atomic E-state index is 10.4. The summed E-state index contributed by atoms with van der Waals surface area (Å²) in [5, 5.41) is 6.60. The third-order valence-electron chi connectivity index (χ3n) is 0.612. The van der Waals surface area contributed by atoms with Crippen molar-refractivity contribution in [2.24, 2.45) is 0 Å².